The van der Waals surface area contributed by atoms with Crippen molar-refractivity contribution in [3.05, 3.63) is 70.8 Å². The first kappa shape index (κ1) is 31.9. The van der Waals surface area contributed by atoms with Crippen molar-refractivity contribution in [3.8, 4) is 23.1 Å². The van der Waals surface area contributed by atoms with Crippen LogP contribution in [-0.2, 0) is 0 Å². The molecule has 0 saturated carbocycles. The van der Waals surface area contributed by atoms with E-state index in [9.17, 15) is 10.1 Å². The number of fused-ring (bicyclic) bond motifs is 1. The second-order valence-electron chi connectivity index (χ2n) is 12.8. The Kier molecular flexibility index (Phi) is 9.54. The van der Waals surface area contributed by atoms with Crippen molar-refractivity contribution in [1.29, 1.82) is 5.26 Å². The number of hydrogen-bond acceptors (Lipinski definition) is 9. The first-order valence-corrected chi connectivity index (χ1v) is 16.5. The number of carbonyl (C=O) groups excluding carboxylic acids is 1. The van der Waals surface area contributed by atoms with Gasteiger partial charge in [-0.1, -0.05) is 37.6 Å². The Morgan fingerprint density at radius 3 is 2.50 bits per heavy atom. The van der Waals surface area contributed by atoms with Crippen LogP contribution in [0, 0.1) is 23.7 Å². The molecule has 5 heterocycles. The number of rotatable bonds is 10. The number of piperazine rings is 1. The number of hydrogen-bond donors (Lipinski definition) is 0. The van der Waals surface area contributed by atoms with Crippen LogP contribution in [0.5, 0.6) is 5.75 Å². The van der Waals surface area contributed by atoms with Crippen molar-refractivity contribution in [2.75, 3.05) is 63.9 Å². The minimum Gasteiger partial charge on any atom is -0.491 e. The van der Waals surface area contributed by atoms with Gasteiger partial charge >= 0.3 is 0 Å². The van der Waals surface area contributed by atoms with Gasteiger partial charge in [0.1, 0.15) is 24.2 Å². The van der Waals surface area contributed by atoms with Gasteiger partial charge in [-0.25, -0.2) is 9.50 Å². The van der Waals surface area contributed by atoms with E-state index < -0.39 is 0 Å². The molecule has 0 radical (unpaired) electrons. The molecule has 11 heteroatoms. The summed E-state index contributed by atoms with van der Waals surface area (Å²) in [5.74, 6) is 1.57. The number of ether oxygens (including phenoxy) is 1. The summed E-state index contributed by atoms with van der Waals surface area (Å²) in [7, 11) is 0. The third-order valence-electron chi connectivity index (χ3n) is 9.59. The average Bonchev–Trinajstić information content (AvgIpc) is 3.48. The lowest BCUT2D eigenvalue weighted by atomic mass is 9.75. The van der Waals surface area contributed by atoms with Crippen molar-refractivity contribution in [2.24, 2.45) is 5.41 Å². The molecule has 240 valence electrons. The highest BCUT2D eigenvalue weighted by molar-refractivity contribution is 6.34. The van der Waals surface area contributed by atoms with Gasteiger partial charge in [-0.15, -0.1) is 0 Å². The normalized spacial score (nSPS) is 17.2. The molecule has 2 aliphatic heterocycles. The number of likely N-dealkylation sites (N-methyl/N-ethyl adjacent to an activating group) is 1. The molecule has 6 rings (SSSR count). The van der Waals surface area contributed by atoms with Crippen molar-refractivity contribution < 1.29 is 9.53 Å². The fourth-order valence-electron chi connectivity index (χ4n) is 6.61. The number of nitriles is 1. The molecule has 0 N–H and O–H groups in total. The molecule has 2 saturated heterocycles. The minimum absolute atomic E-state index is 0.104. The Bertz CT molecular complexity index is 1710. The first-order chi connectivity index (χ1) is 22.3. The summed E-state index contributed by atoms with van der Waals surface area (Å²) in [5.41, 5.74) is 4.00. The lowest BCUT2D eigenvalue weighted by molar-refractivity contribution is 0.0897. The standard InChI is InChI=1S/C35H41ClN8O2/c1-4-41-12-14-42(15-13-41)16-17-46-27-18-28(34-26(20-37)21-40-44(34)24-27)30-22-39-32(23-38-30)43-10-8-35(3,9-11-43)19-31(45)33-25(2)6-5-7-29(33)36/h5-7,18,21-24H,4,8-17,19H2,1-3H3. The van der Waals surface area contributed by atoms with Crippen LogP contribution in [0.15, 0.2) is 49.1 Å². The minimum atomic E-state index is -0.113. The van der Waals surface area contributed by atoms with E-state index in [1.807, 2.05) is 31.3 Å². The predicted octanol–water partition coefficient (Wildman–Crippen LogP) is 5.52. The molecule has 0 unspecified atom stereocenters. The van der Waals surface area contributed by atoms with Crippen molar-refractivity contribution >= 4 is 28.7 Å². The highest BCUT2D eigenvalue weighted by Crippen LogP contribution is 2.38. The highest BCUT2D eigenvalue weighted by Gasteiger charge is 2.34. The van der Waals surface area contributed by atoms with Crippen LogP contribution in [0.1, 0.15) is 54.6 Å². The third-order valence-corrected chi connectivity index (χ3v) is 9.91. The van der Waals surface area contributed by atoms with Gasteiger partial charge in [-0.3, -0.25) is 14.7 Å². The van der Waals surface area contributed by atoms with Crippen LogP contribution < -0.4 is 9.64 Å². The summed E-state index contributed by atoms with van der Waals surface area (Å²) in [6, 6.07) is 9.78. The Morgan fingerprint density at radius 2 is 1.83 bits per heavy atom. The van der Waals surface area contributed by atoms with Gasteiger partial charge in [0.05, 0.1) is 46.6 Å². The molecule has 4 aromatic rings. The largest absolute Gasteiger partial charge is 0.491 e. The second kappa shape index (κ2) is 13.8. The van der Waals surface area contributed by atoms with E-state index in [1.54, 1.807) is 29.2 Å². The van der Waals surface area contributed by atoms with E-state index in [-0.39, 0.29) is 11.2 Å². The number of aromatic nitrogens is 4. The lowest BCUT2D eigenvalue weighted by Gasteiger charge is -2.39. The Hall–Kier alpha value is -4.04. The van der Waals surface area contributed by atoms with E-state index in [0.29, 0.717) is 46.1 Å². The van der Waals surface area contributed by atoms with Gasteiger partial charge in [0.15, 0.2) is 5.78 Å². The van der Waals surface area contributed by atoms with E-state index >= 15 is 0 Å². The van der Waals surface area contributed by atoms with Crippen LogP contribution in [0.2, 0.25) is 5.02 Å². The van der Waals surface area contributed by atoms with Crippen LogP contribution in [-0.4, -0.2) is 94.1 Å². The van der Waals surface area contributed by atoms with Crippen LogP contribution >= 0.6 is 11.6 Å². The van der Waals surface area contributed by atoms with Crippen LogP contribution in [0.3, 0.4) is 0 Å². The number of Topliss-reactive ketones (excluding diaryl/α,β-unsaturated/α-hetero) is 1. The van der Waals surface area contributed by atoms with Crippen molar-refractivity contribution in [2.45, 2.75) is 40.0 Å². The number of halogens is 1. The monoisotopic (exact) mass is 640 g/mol. The summed E-state index contributed by atoms with van der Waals surface area (Å²) in [4.78, 5) is 29.9. The maximum Gasteiger partial charge on any atom is 0.165 e. The van der Waals surface area contributed by atoms with Gasteiger partial charge in [0.25, 0.3) is 0 Å². The molecule has 2 aliphatic rings. The smallest absolute Gasteiger partial charge is 0.165 e. The van der Waals surface area contributed by atoms with E-state index in [1.165, 1.54) is 0 Å². The lowest BCUT2D eigenvalue weighted by Crippen LogP contribution is -2.47. The molecule has 1 aromatic carbocycles. The van der Waals surface area contributed by atoms with Crippen molar-refractivity contribution in [3.63, 3.8) is 0 Å². The number of anilines is 1. The number of pyridine rings is 1. The molecular formula is C35H41ClN8O2. The third kappa shape index (κ3) is 6.87. The number of piperidine rings is 1. The van der Waals surface area contributed by atoms with Gasteiger partial charge in [0.2, 0.25) is 0 Å². The van der Waals surface area contributed by atoms with Gasteiger partial charge in [-0.2, -0.15) is 10.4 Å². The van der Waals surface area contributed by atoms with Gasteiger partial charge in [0, 0.05) is 63.4 Å². The van der Waals surface area contributed by atoms with Gasteiger partial charge < -0.3 is 14.5 Å². The van der Waals surface area contributed by atoms with Gasteiger partial charge in [-0.05, 0) is 49.4 Å². The zero-order valence-electron chi connectivity index (χ0n) is 26.9. The predicted molar refractivity (Wildman–Crippen MR) is 180 cm³/mol. The summed E-state index contributed by atoms with van der Waals surface area (Å²) in [5, 5.41) is 14.7. The molecule has 3 aromatic heterocycles. The summed E-state index contributed by atoms with van der Waals surface area (Å²) in [6.07, 6.45) is 9.13. The Morgan fingerprint density at radius 1 is 1.07 bits per heavy atom. The maximum absolute atomic E-state index is 13.2. The molecule has 0 aliphatic carbocycles. The number of nitrogens with zero attached hydrogens (tertiary/aromatic N) is 8. The molecule has 0 amide bonds. The first-order valence-electron chi connectivity index (χ1n) is 16.1. The van der Waals surface area contributed by atoms with Crippen LogP contribution in [0.4, 0.5) is 5.82 Å². The van der Waals surface area contributed by atoms with Crippen molar-refractivity contribution in [1.82, 2.24) is 29.4 Å². The van der Waals surface area contributed by atoms with E-state index in [0.717, 1.165) is 82.1 Å². The fourth-order valence-corrected chi connectivity index (χ4v) is 6.94. The SMILES string of the molecule is CCN1CCN(CCOc2cc(-c3cnc(N4CCC(C)(CC(=O)c5c(C)cccc5Cl)CC4)cn3)c3c(C#N)cnn3c2)CC1. The second-order valence-corrected chi connectivity index (χ2v) is 13.2. The zero-order chi connectivity index (χ0) is 32.3. The molecular weight excluding hydrogens is 600 g/mol. The van der Waals surface area contributed by atoms with E-state index in [4.69, 9.17) is 26.3 Å². The molecule has 2 fully saturated rings. The number of carbonyl (C=O) groups is 1. The number of ketones is 1. The average molecular weight is 641 g/mol. The van der Waals surface area contributed by atoms with E-state index in [2.05, 4.69) is 39.7 Å². The molecule has 0 bridgehead atoms. The summed E-state index contributed by atoms with van der Waals surface area (Å²) in [6.45, 7) is 14.7. The van der Waals surface area contributed by atoms with Crippen LogP contribution in [0.25, 0.3) is 16.8 Å². The molecule has 10 nitrogen and oxygen atoms in total. The quantitative estimate of drug-likeness (QED) is 0.207. The Labute approximate surface area is 275 Å². The maximum atomic E-state index is 13.2. The summed E-state index contributed by atoms with van der Waals surface area (Å²) >= 11 is 6.38. The highest BCUT2D eigenvalue weighted by atomic mass is 35.5. The fraction of sp³-hybridized carbons (Fsp3) is 0.457. The molecule has 46 heavy (non-hydrogen) atoms. The summed E-state index contributed by atoms with van der Waals surface area (Å²) < 4.78 is 7.89. The molecule has 0 atom stereocenters. The number of aryl methyl sites for hydroxylation is 1. The Balaban J connectivity index is 1.12. The molecule has 0 spiro atoms. The number of benzene rings is 1. The zero-order valence-corrected chi connectivity index (χ0v) is 27.6. The topological polar surface area (TPSA) is 103 Å².